The highest BCUT2D eigenvalue weighted by Gasteiger charge is 2.13. The molecule has 0 saturated carbocycles. The summed E-state index contributed by atoms with van der Waals surface area (Å²) in [6.45, 7) is 0. The van der Waals surface area contributed by atoms with Crippen molar-refractivity contribution in [3.63, 3.8) is 0 Å². The average molecular weight is 330 g/mol. The van der Waals surface area contributed by atoms with Gasteiger partial charge in [0.1, 0.15) is 0 Å². The van der Waals surface area contributed by atoms with Gasteiger partial charge in [-0.05, 0) is 42.5 Å². The van der Waals surface area contributed by atoms with Gasteiger partial charge in [-0.3, -0.25) is 4.79 Å². The van der Waals surface area contributed by atoms with Crippen molar-refractivity contribution >= 4 is 44.9 Å². The topological polar surface area (TPSA) is 17.1 Å². The van der Waals surface area contributed by atoms with Crippen molar-refractivity contribution in [1.82, 2.24) is 0 Å². The largest absolute Gasteiger partial charge is 0.289 e. The summed E-state index contributed by atoms with van der Waals surface area (Å²) in [6, 6.07) is 11.9. The highest BCUT2D eigenvalue weighted by Crippen LogP contribution is 2.24. The number of halogens is 3. The Labute approximate surface area is 117 Å². The van der Waals surface area contributed by atoms with Gasteiger partial charge in [0, 0.05) is 20.6 Å². The minimum Gasteiger partial charge on any atom is -0.289 e. The zero-order valence-corrected chi connectivity index (χ0v) is 11.7. The molecule has 0 aliphatic carbocycles. The number of benzene rings is 2. The zero-order chi connectivity index (χ0) is 12.4. The van der Waals surface area contributed by atoms with E-state index in [4.69, 9.17) is 23.2 Å². The van der Waals surface area contributed by atoms with E-state index in [-0.39, 0.29) is 5.78 Å². The lowest BCUT2D eigenvalue weighted by molar-refractivity contribution is 0.103. The maximum absolute atomic E-state index is 12.2. The fraction of sp³-hybridized carbons (Fsp3) is 0. The van der Waals surface area contributed by atoms with E-state index in [0.29, 0.717) is 21.2 Å². The van der Waals surface area contributed by atoms with Crippen LogP contribution in [0.2, 0.25) is 10.0 Å². The van der Waals surface area contributed by atoms with Crippen LogP contribution in [0.5, 0.6) is 0 Å². The molecule has 17 heavy (non-hydrogen) atoms. The molecule has 0 atom stereocenters. The van der Waals surface area contributed by atoms with E-state index in [1.165, 1.54) is 0 Å². The van der Waals surface area contributed by atoms with E-state index in [9.17, 15) is 4.79 Å². The second kappa shape index (κ2) is 5.21. The molecule has 2 aromatic carbocycles. The maximum atomic E-state index is 12.2. The highest BCUT2D eigenvalue weighted by atomic mass is 79.9. The van der Waals surface area contributed by atoms with Gasteiger partial charge >= 0.3 is 0 Å². The lowest BCUT2D eigenvalue weighted by Gasteiger charge is -2.04. The second-order valence-corrected chi connectivity index (χ2v) is 5.22. The lowest BCUT2D eigenvalue weighted by atomic mass is 10.0. The Hall–Kier alpha value is -0.830. The van der Waals surface area contributed by atoms with Gasteiger partial charge in [0.2, 0.25) is 0 Å². The molecule has 86 valence electrons. The van der Waals surface area contributed by atoms with E-state index in [0.717, 1.165) is 4.47 Å². The molecular formula is C13H7BrCl2O. The summed E-state index contributed by atoms with van der Waals surface area (Å²) in [7, 11) is 0. The minimum atomic E-state index is -0.118. The lowest BCUT2D eigenvalue weighted by Crippen LogP contribution is -2.01. The van der Waals surface area contributed by atoms with Crippen LogP contribution >= 0.6 is 39.1 Å². The van der Waals surface area contributed by atoms with E-state index in [2.05, 4.69) is 15.9 Å². The van der Waals surface area contributed by atoms with Crippen LogP contribution in [-0.4, -0.2) is 5.78 Å². The molecule has 0 bridgehead atoms. The third-order valence-electron chi connectivity index (χ3n) is 2.28. The van der Waals surface area contributed by atoms with Crippen molar-refractivity contribution in [2.24, 2.45) is 0 Å². The Morgan fingerprint density at radius 3 is 2.29 bits per heavy atom. The standard InChI is InChI=1S/C13H7BrCl2O/c14-9-3-6-12(16)11(7-9)13(17)8-1-4-10(15)5-2-8/h1-7H. The van der Waals surface area contributed by atoms with E-state index >= 15 is 0 Å². The van der Waals surface area contributed by atoms with Gasteiger partial charge in [-0.1, -0.05) is 39.1 Å². The van der Waals surface area contributed by atoms with Crippen LogP contribution in [0.25, 0.3) is 0 Å². The van der Waals surface area contributed by atoms with Crippen LogP contribution in [0.3, 0.4) is 0 Å². The first kappa shape index (κ1) is 12.6. The van der Waals surface area contributed by atoms with Crippen molar-refractivity contribution in [3.05, 3.63) is 68.1 Å². The molecule has 4 heteroatoms. The molecule has 0 saturated heterocycles. The number of carbonyl (C=O) groups is 1. The van der Waals surface area contributed by atoms with Crippen molar-refractivity contribution in [3.8, 4) is 0 Å². The second-order valence-electron chi connectivity index (χ2n) is 3.46. The molecule has 0 fully saturated rings. The SMILES string of the molecule is O=C(c1ccc(Cl)cc1)c1cc(Br)ccc1Cl. The van der Waals surface area contributed by atoms with Crippen LogP contribution in [0.15, 0.2) is 46.9 Å². The van der Waals surface area contributed by atoms with Gasteiger partial charge < -0.3 is 0 Å². The Morgan fingerprint density at radius 1 is 1.00 bits per heavy atom. The summed E-state index contributed by atoms with van der Waals surface area (Å²) in [4.78, 5) is 12.2. The first-order valence-electron chi connectivity index (χ1n) is 4.83. The third kappa shape index (κ3) is 2.89. The van der Waals surface area contributed by atoms with E-state index in [1.807, 2.05) is 0 Å². The molecule has 1 nitrogen and oxygen atoms in total. The first-order valence-corrected chi connectivity index (χ1v) is 6.38. The van der Waals surface area contributed by atoms with Gasteiger partial charge in [-0.2, -0.15) is 0 Å². The summed E-state index contributed by atoms with van der Waals surface area (Å²) in [5, 5.41) is 1.04. The fourth-order valence-corrected chi connectivity index (χ4v) is 2.12. The molecule has 0 spiro atoms. The molecular weight excluding hydrogens is 323 g/mol. The third-order valence-corrected chi connectivity index (χ3v) is 3.35. The molecule has 0 heterocycles. The molecule has 0 N–H and O–H groups in total. The fourth-order valence-electron chi connectivity index (χ4n) is 1.43. The smallest absolute Gasteiger partial charge is 0.194 e. The molecule has 0 aliphatic heterocycles. The van der Waals surface area contributed by atoms with Gasteiger partial charge in [0.25, 0.3) is 0 Å². The van der Waals surface area contributed by atoms with Crippen molar-refractivity contribution in [2.75, 3.05) is 0 Å². The molecule has 0 aliphatic rings. The molecule has 0 unspecified atom stereocenters. The monoisotopic (exact) mass is 328 g/mol. The summed E-state index contributed by atoms with van der Waals surface area (Å²) in [6.07, 6.45) is 0. The van der Waals surface area contributed by atoms with Crippen molar-refractivity contribution < 1.29 is 4.79 Å². The van der Waals surface area contributed by atoms with Gasteiger partial charge in [-0.25, -0.2) is 0 Å². The van der Waals surface area contributed by atoms with Crippen LogP contribution in [0, 0.1) is 0 Å². The van der Waals surface area contributed by atoms with Crippen molar-refractivity contribution in [1.29, 1.82) is 0 Å². The van der Waals surface area contributed by atoms with Crippen LogP contribution in [-0.2, 0) is 0 Å². The van der Waals surface area contributed by atoms with E-state index < -0.39 is 0 Å². The first-order chi connectivity index (χ1) is 8.08. The number of rotatable bonds is 2. The Kier molecular flexibility index (Phi) is 3.87. The average Bonchev–Trinajstić information content (AvgIpc) is 2.32. The van der Waals surface area contributed by atoms with Gasteiger partial charge in [-0.15, -0.1) is 0 Å². The summed E-state index contributed by atoms with van der Waals surface area (Å²) in [5.41, 5.74) is 1.04. The number of carbonyl (C=O) groups excluding carboxylic acids is 1. The normalized spacial score (nSPS) is 10.3. The van der Waals surface area contributed by atoms with Crippen LogP contribution in [0.4, 0.5) is 0 Å². The molecule has 2 rings (SSSR count). The minimum absolute atomic E-state index is 0.118. The predicted molar refractivity (Wildman–Crippen MR) is 74.0 cm³/mol. The predicted octanol–water partition coefficient (Wildman–Crippen LogP) is 4.99. The highest BCUT2D eigenvalue weighted by molar-refractivity contribution is 9.10. The number of hydrogen-bond donors (Lipinski definition) is 0. The number of ketones is 1. The summed E-state index contributed by atoms with van der Waals surface area (Å²) >= 11 is 15.1. The Morgan fingerprint density at radius 2 is 1.65 bits per heavy atom. The summed E-state index contributed by atoms with van der Waals surface area (Å²) in [5.74, 6) is -0.118. The molecule has 0 amide bonds. The Balaban J connectivity index is 2.43. The van der Waals surface area contributed by atoms with E-state index in [1.54, 1.807) is 42.5 Å². The molecule has 0 aromatic heterocycles. The van der Waals surface area contributed by atoms with Gasteiger partial charge in [0.15, 0.2) is 5.78 Å². The van der Waals surface area contributed by atoms with Gasteiger partial charge in [0.05, 0.1) is 5.02 Å². The van der Waals surface area contributed by atoms with Crippen LogP contribution in [0.1, 0.15) is 15.9 Å². The Bertz CT molecular complexity index is 564. The maximum Gasteiger partial charge on any atom is 0.194 e. The molecule has 0 radical (unpaired) electrons. The molecule has 2 aromatic rings. The zero-order valence-electron chi connectivity index (χ0n) is 8.58. The van der Waals surface area contributed by atoms with Crippen molar-refractivity contribution in [2.45, 2.75) is 0 Å². The summed E-state index contributed by atoms with van der Waals surface area (Å²) < 4.78 is 0.819. The quantitative estimate of drug-likeness (QED) is 0.709. The van der Waals surface area contributed by atoms with Crippen LogP contribution < -0.4 is 0 Å². The number of hydrogen-bond acceptors (Lipinski definition) is 1.